The third-order valence-electron chi connectivity index (χ3n) is 4.75. The van der Waals surface area contributed by atoms with Gasteiger partial charge in [0.15, 0.2) is 0 Å². The number of ether oxygens (including phenoxy) is 2. The molecule has 1 saturated heterocycles. The van der Waals surface area contributed by atoms with Gasteiger partial charge in [0.25, 0.3) is 0 Å². The van der Waals surface area contributed by atoms with E-state index >= 15 is 0 Å². The fraction of sp³-hybridized carbons (Fsp3) is 0.429. The molecule has 1 aliphatic heterocycles. The van der Waals surface area contributed by atoms with Gasteiger partial charge in [0.05, 0.1) is 19.4 Å². The second-order valence-corrected chi connectivity index (χ2v) is 6.51. The highest BCUT2D eigenvalue weighted by Gasteiger charge is 2.18. The first kappa shape index (κ1) is 21.3. The van der Waals surface area contributed by atoms with E-state index < -0.39 is 0 Å². The van der Waals surface area contributed by atoms with E-state index in [9.17, 15) is 4.39 Å². The number of para-hydroxylation sites is 2. The van der Waals surface area contributed by atoms with Gasteiger partial charge >= 0.3 is 0 Å². The first-order valence-corrected chi connectivity index (χ1v) is 9.25. The Bertz CT molecular complexity index is 676. The van der Waals surface area contributed by atoms with Crippen LogP contribution in [-0.2, 0) is 0 Å². The molecule has 0 unspecified atom stereocenters. The number of anilines is 1. The van der Waals surface area contributed by atoms with Gasteiger partial charge in [-0.1, -0.05) is 12.1 Å². The molecular formula is C21H27ClFN2O2-. The molecule has 1 aliphatic rings. The van der Waals surface area contributed by atoms with E-state index in [4.69, 9.17) is 9.47 Å². The molecule has 4 nitrogen and oxygen atoms in total. The largest absolute Gasteiger partial charge is 1.00 e. The summed E-state index contributed by atoms with van der Waals surface area (Å²) in [5.41, 5.74) is 1.18. The van der Waals surface area contributed by atoms with Gasteiger partial charge in [0, 0.05) is 26.2 Å². The minimum Gasteiger partial charge on any atom is -1.00 e. The normalized spacial score (nSPS) is 14.5. The molecule has 148 valence electrons. The molecule has 0 spiro atoms. The molecule has 2 aromatic carbocycles. The predicted molar refractivity (Wildman–Crippen MR) is 103 cm³/mol. The van der Waals surface area contributed by atoms with Crippen molar-refractivity contribution in [2.75, 3.05) is 51.3 Å². The topological polar surface area (TPSA) is 24.9 Å². The fourth-order valence-electron chi connectivity index (χ4n) is 3.26. The summed E-state index contributed by atoms with van der Waals surface area (Å²) in [7, 11) is 1.73. The molecule has 3 rings (SSSR count). The Kier molecular flexibility index (Phi) is 8.69. The van der Waals surface area contributed by atoms with Gasteiger partial charge in [-0.05, 0) is 55.8 Å². The van der Waals surface area contributed by atoms with Crippen LogP contribution in [0, 0.1) is 5.82 Å². The summed E-state index contributed by atoms with van der Waals surface area (Å²) in [4.78, 5) is 4.90. The van der Waals surface area contributed by atoms with Gasteiger partial charge in [-0.25, -0.2) is 4.39 Å². The van der Waals surface area contributed by atoms with Gasteiger partial charge in [0.2, 0.25) is 0 Å². The summed E-state index contributed by atoms with van der Waals surface area (Å²) < 4.78 is 24.0. The Balaban J connectivity index is 0.00000261. The number of methoxy groups -OCH3 is 1. The number of halogens is 2. The van der Waals surface area contributed by atoms with E-state index in [2.05, 4.69) is 21.9 Å². The van der Waals surface area contributed by atoms with Crippen LogP contribution in [0.4, 0.5) is 10.1 Å². The summed E-state index contributed by atoms with van der Waals surface area (Å²) in [6, 6.07) is 14.4. The van der Waals surface area contributed by atoms with Gasteiger partial charge in [-0.3, -0.25) is 4.90 Å². The van der Waals surface area contributed by atoms with Gasteiger partial charge in [-0.2, -0.15) is 0 Å². The van der Waals surface area contributed by atoms with Gasteiger partial charge in [-0.15, -0.1) is 0 Å². The van der Waals surface area contributed by atoms with Crippen molar-refractivity contribution in [3.05, 3.63) is 54.3 Å². The monoisotopic (exact) mass is 393 g/mol. The van der Waals surface area contributed by atoms with E-state index in [1.807, 2.05) is 12.1 Å². The predicted octanol–water partition coefficient (Wildman–Crippen LogP) is 0.820. The Morgan fingerprint density at radius 1 is 0.926 bits per heavy atom. The van der Waals surface area contributed by atoms with Crippen LogP contribution < -0.4 is 26.8 Å². The lowest BCUT2D eigenvalue weighted by molar-refractivity contribution is -0.00000662. The van der Waals surface area contributed by atoms with Gasteiger partial charge < -0.3 is 26.8 Å². The number of hydrogen-bond acceptors (Lipinski definition) is 4. The highest BCUT2D eigenvalue weighted by atomic mass is 35.5. The summed E-state index contributed by atoms with van der Waals surface area (Å²) in [5.74, 6) is 1.44. The highest BCUT2D eigenvalue weighted by Crippen LogP contribution is 2.28. The molecule has 2 aromatic rings. The molecule has 27 heavy (non-hydrogen) atoms. The average Bonchev–Trinajstić information content (AvgIpc) is 2.69. The molecular weight excluding hydrogens is 367 g/mol. The summed E-state index contributed by atoms with van der Waals surface area (Å²) in [6.45, 7) is 5.94. The van der Waals surface area contributed by atoms with Crippen molar-refractivity contribution in [3.8, 4) is 11.5 Å². The minimum atomic E-state index is -0.232. The lowest BCUT2D eigenvalue weighted by atomic mass is 10.2. The Morgan fingerprint density at radius 2 is 1.63 bits per heavy atom. The fourth-order valence-corrected chi connectivity index (χ4v) is 3.26. The Hall–Kier alpha value is -1.98. The zero-order valence-corrected chi connectivity index (χ0v) is 16.5. The summed E-state index contributed by atoms with van der Waals surface area (Å²) in [6.07, 6.45) is 2.11. The van der Waals surface area contributed by atoms with E-state index in [0.717, 1.165) is 57.1 Å². The minimum absolute atomic E-state index is 0. The zero-order chi connectivity index (χ0) is 18.2. The number of nitrogens with zero attached hydrogens (tertiary/aromatic N) is 2. The van der Waals surface area contributed by atoms with Crippen LogP contribution in [0.2, 0.25) is 0 Å². The number of benzene rings is 2. The molecule has 6 heteroatoms. The van der Waals surface area contributed by atoms with Crippen molar-refractivity contribution in [1.82, 2.24) is 4.90 Å². The van der Waals surface area contributed by atoms with Crippen LogP contribution in [0.3, 0.4) is 0 Å². The number of hydrogen-bond donors (Lipinski definition) is 0. The van der Waals surface area contributed by atoms with Crippen LogP contribution in [0.5, 0.6) is 11.5 Å². The Morgan fingerprint density at radius 3 is 2.33 bits per heavy atom. The first-order chi connectivity index (χ1) is 12.8. The third kappa shape index (κ3) is 6.29. The standard InChI is InChI=1S/C21H27FN2O2.ClH/c1-25-21-7-3-2-6-20(21)24-15-13-23(14-16-24)12-4-5-17-26-19-10-8-18(22)9-11-19;/h2-3,6-11H,4-5,12-17H2,1H3;1H/p-1. The van der Waals surface area contributed by atoms with Crippen molar-refractivity contribution in [2.45, 2.75) is 12.8 Å². The maximum atomic E-state index is 12.8. The number of rotatable bonds is 8. The Labute approximate surface area is 167 Å². The van der Waals surface area contributed by atoms with Crippen LogP contribution in [0.15, 0.2) is 48.5 Å². The first-order valence-electron chi connectivity index (χ1n) is 9.25. The molecule has 0 bridgehead atoms. The second-order valence-electron chi connectivity index (χ2n) is 6.51. The van der Waals surface area contributed by atoms with Crippen LogP contribution >= 0.6 is 0 Å². The molecule has 0 saturated carbocycles. The van der Waals surface area contributed by atoms with Crippen molar-refractivity contribution < 1.29 is 26.3 Å². The van der Waals surface area contributed by atoms with Gasteiger partial charge in [0.1, 0.15) is 17.3 Å². The molecule has 0 atom stereocenters. The second kappa shape index (κ2) is 11.0. The molecule has 0 aliphatic carbocycles. The average molecular weight is 394 g/mol. The quantitative estimate of drug-likeness (QED) is 0.620. The smallest absolute Gasteiger partial charge is 0.142 e. The summed E-state index contributed by atoms with van der Waals surface area (Å²) >= 11 is 0. The molecule has 0 amide bonds. The van der Waals surface area contributed by atoms with Crippen LogP contribution in [0.1, 0.15) is 12.8 Å². The molecule has 0 aromatic heterocycles. The molecule has 0 N–H and O–H groups in total. The maximum absolute atomic E-state index is 12.8. The maximum Gasteiger partial charge on any atom is 0.142 e. The SMILES string of the molecule is COc1ccccc1N1CCN(CCCCOc2ccc(F)cc2)CC1.[Cl-]. The highest BCUT2D eigenvalue weighted by molar-refractivity contribution is 5.58. The van der Waals surface area contributed by atoms with E-state index in [1.165, 1.54) is 17.8 Å². The lowest BCUT2D eigenvalue weighted by Gasteiger charge is -2.36. The molecule has 1 fully saturated rings. The summed E-state index contributed by atoms with van der Waals surface area (Å²) in [5, 5.41) is 0. The van der Waals surface area contributed by atoms with Crippen molar-refractivity contribution in [3.63, 3.8) is 0 Å². The molecule has 0 radical (unpaired) electrons. The van der Waals surface area contributed by atoms with Crippen molar-refractivity contribution in [1.29, 1.82) is 0 Å². The molecule has 1 heterocycles. The van der Waals surface area contributed by atoms with Crippen LogP contribution in [0.25, 0.3) is 0 Å². The van der Waals surface area contributed by atoms with Crippen LogP contribution in [-0.4, -0.2) is 51.3 Å². The van der Waals surface area contributed by atoms with Crippen molar-refractivity contribution >= 4 is 5.69 Å². The number of piperazine rings is 1. The lowest BCUT2D eigenvalue weighted by Crippen LogP contribution is -3.00. The number of unbranched alkanes of at least 4 members (excludes halogenated alkanes) is 1. The van der Waals surface area contributed by atoms with Crippen molar-refractivity contribution in [2.24, 2.45) is 0 Å². The zero-order valence-electron chi connectivity index (χ0n) is 15.7. The third-order valence-corrected chi connectivity index (χ3v) is 4.75. The van der Waals surface area contributed by atoms with E-state index in [0.29, 0.717) is 6.61 Å². The van der Waals surface area contributed by atoms with E-state index in [1.54, 1.807) is 19.2 Å². The van der Waals surface area contributed by atoms with E-state index in [-0.39, 0.29) is 18.2 Å².